The first-order valence-electron chi connectivity index (χ1n) is 22.5. The quantitative estimate of drug-likeness (QED) is 0.0268. The van der Waals surface area contributed by atoms with Crippen molar-refractivity contribution in [1.29, 1.82) is 0 Å². The molecule has 0 bridgehead atoms. The fourth-order valence-corrected chi connectivity index (χ4v) is 7.43. The fourth-order valence-electron chi connectivity index (χ4n) is 7.43. The molecule has 396 valence electrons. The standard InChI is InChI=1S/C40H67N5O24/c1-19-29(54)32(57)35(60)38(66-19)64-12-10-42-24(49)14-44(13-23(48)41-9-4-2-3-5-28(53)69-45-26(51)6-7-27(45)52)15-25(50)43-20(18-65-40-37(62)34(59)31(56)22(17-47)68-40)8-11-63-39-36(61)33(58)30(55)21(16-46)67-39/h19-22,29-40,46-47,54-62H,2-18H2,1H3,(H,41,48)(H,42,49)(H,43,50)/t19-,20?,21+,22+,29+,30+,31+,32+,33-,34-,35-,36-,37?,38+,39-,40-/m0/s1. The third-order valence-corrected chi connectivity index (χ3v) is 11.5. The van der Waals surface area contributed by atoms with E-state index in [4.69, 9.17) is 33.3 Å². The zero-order chi connectivity index (χ0) is 50.9. The number of aliphatic hydroxyl groups is 11. The predicted molar refractivity (Wildman–Crippen MR) is 222 cm³/mol. The summed E-state index contributed by atoms with van der Waals surface area (Å²) in [5.74, 6) is -4.14. The Hall–Kier alpha value is -3.70. The summed E-state index contributed by atoms with van der Waals surface area (Å²) in [6, 6.07) is -1.09. The third kappa shape index (κ3) is 17.2. The molecule has 4 heterocycles. The first-order valence-corrected chi connectivity index (χ1v) is 22.5. The minimum Gasteiger partial charge on any atom is -0.394 e. The molecule has 4 aliphatic rings. The Balaban J connectivity index is 1.36. The topological polar surface area (TPSA) is 432 Å². The number of hydroxylamine groups is 2. The maximum Gasteiger partial charge on any atom is 0.333 e. The number of amides is 5. The summed E-state index contributed by atoms with van der Waals surface area (Å²) in [7, 11) is 0. The Labute approximate surface area is 395 Å². The number of nitrogens with one attached hydrogen (secondary N) is 3. The lowest BCUT2D eigenvalue weighted by molar-refractivity contribution is -0.304. The number of nitrogens with zero attached hydrogens (tertiary/aromatic N) is 2. The van der Waals surface area contributed by atoms with Crippen LogP contribution in [0.3, 0.4) is 0 Å². The summed E-state index contributed by atoms with van der Waals surface area (Å²) >= 11 is 0. The second-order valence-corrected chi connectivity index (χ2v) is 16.9. The minimum absolute atomic E-state index is 0.0506. The van der Waals surface area contributed by atoms with Crippen molar-refractivity contribution >= 4 is 35.5 Å². The van der Waals surface area contributed by atoms with Crippen molar-refractivity contribution in [2.75, 3.05) is 65.8 Å². The molecule has 0 aromatic heterocycles. The zero-order valence-electron chi connectivity index (χ0n) is 37.9. The van der Waals surface area contributed by atoms with Gasteiger partial charge in [-0.3, -0.25) is 28.9 Å². The normalized spacial score (nSPS) is 33.3. The average molecular weight is 1000 g/mol. The molecule has 14 N–H and O–H groups in total. The van der Waals surface area contributed by atoms with Gasteiger partial charge in [0.15, 0.2) is 18.9 Å². The molecule has 4 rings (SSSR count). The van der Waals surface area contributed by atoms with Crippen LogP contribution in [0.2, 0.25) is 0 Å². The van der Waals surface area contributed by atoms with E-state index in [9.17, 15) is 84.9 Å². The molecule has 4 saturated heterocycles. The van der Waals surface area contributed by atoms with Crippen LogP contribution in [0.4, 0.5) is 0 Å². The van der Waals surface area contributed by atoms with Crippen molar-refractivity contribution in [2.45, 2.75) is 150 Å². The molecule has 29 heteroatoms. The molecule has 2 unspecified atom stereocenters. The molecule has 69 heavy (non-hydrogen) atoms. The maximum atomic E-state index is 13.7. The second-order valence-electron chi connectivity index (χ2n) is 16.9. The summed E-state index contributed by atoms with van der Waals surface area (Å²) in [5.41, 5.74) is 0. The van der Waals surface area contributed by atoms with E-state index in [1.54, 1.807) is 0 Å². The number of unbranched alkanes of at least 4 members (excludes halogenated alkanes) is 2. The van der Waals surface area contributed by atoms with E-state index in [0.29, 0.717) is 24.3 Å². The van der Waals surface area contributed by atoms with Crippen molar-refractivity contribution in [3.8, 4) is 0 Å². The van der Waals surface area contributed by atoms with E-state index >= 15 is 0 Å². The lowest BCUT2D eigenvalue weighted by Crippen LogP contribution is -2.60. The van der Waals surface area contributed by atoms with E-state index < -0.39 is 173 Å². The largest absolute Gasteiger partial charge is 0.394 e. The summed E-state index contributed by atoms with van der Waals surface area (Å²) in [5, 5.41) is 119. The highest BCUT2D eigenvalue weighted by Crippen LogP contribution is 2.25. The van der Waals surface area contributed by atoms with E-state index in [0.717, 1.165) is 4.90 Å². The average Bonchev–Trinajstić information content (AvgIpc) is 3.63. The number of imide groups is 1. The Morgan fingerprint density at radius 1 is 0.623 bits per heavy atom. The number of hydrogen-bond acceptors (Lipinski definition) is 25. The zero-order valence-corrected chi connectivity index (χ0v) is 37.9. The van der Waals surface area contributed by atoms with E-state index in [2.05, 4.69) is 16.0 Å². The van der Waals surface area contributed by atoms with Crippen LogP contribution >= 0.6 is 0 Å². The fraction of sp³-hybridized carbons (Fsp3) is 0.850. The van der Waals surface area contributed by atoms with Crippen molar-refractivity contribution in [3.63, 3.8) is 0 Å². The number of carbonyl (C=O) groups is 6. The molecule has 4 fully saturated rings. The molecule has 0 aromatic rings. The number of aliphatic hydroxyl groups excluding tert-OH is 11. The molecule has 16 atom stereocenters. The lowest BCUT2D eigenvalue weighted by Gasteiger charge is -2.40. The molecular weight excluding hydrogens is 934 g/mol. The van der Waals surface area contributed by atoms with Crippen LogP contribution < -0.4 is 16.0 Å². The van der Waals surface area contributed by atoms with Gasteiger partial charge < -0.3 is 105 Å². The van der Waals surface area contributed by atoms with Crippen LogP contribution in [0.1, 0.15) is 51.9 Å². The molecule has 0 radical (unpaired) electrons. The Morgan fingerprint density at radius 2 is 1.12 bits per heavy atom. The van der Waals surface area contributed by atoms with Crippen molar-refractivity contribution in [2.24, 2.45) is 0 Å². The van der Waals surface area contributed by atoms with E-state index in [1.165, 1.54) is 6.92 Å². The summed E-state index contributed by atoms with van der Waals surface area (Å²) in [6.45, 7) is -2.91. The molecule has 0 aliphatic carbocycles. The van der Waals surface area contributed by atoms with Gasteiger partial charge in [0, 0.05) is 32.4 Å². The van der Waals surface area contributed by atoms with Gasteiger partial charge in [-0.1, -0.05) is 6.42 Å². The van der Waals surface area contributed by atoms with Gasteiger partial charge in [0.05, 0.1) is 64.8 Å². The van der Waals surface area contributed by atoms with Gasteiger partial charge in [-0.2, -0.15) is 0 Å². The molecule has 5 amide bonds. The number of hydrogen-bond donors (Lipinski definition) is 14. The maximum absolute atomic E-state index is 13.7. The Morgan fingerprint density at radius 3 is 1.68 bits per heavy atom. The van der Waals surface area contributed by atoms with Crippen molar-refractivity contribution < 1.29 is 118 Å². The molecule has 29 nitrogen and oxygen atoms in total. The smallest absolute Gasteiger partial charge is 0.333 e. The van der Waals surface area contributed by atoms with Gasteiger partial charge in [-0.05, 0) is 26.2 Å². The summed E-state index contributed by atoms with van der Waals surface area (Å²) < 4.78 is 32.8. The van der Waals surface area contributed by atoms with Crippen LogP contribution in [-0.4, -0.2) is 266 Å². The van der Waals surface area contributed by atoms with Crippen LogP contribution in [0.25, 0.3) is 0 Å². The van der Waals surface area contributed by atoms with Crippen LogP contribution in [0, 0.1) is 0 Å². The highest BCUT2D eigenvalue weighted by atomic mass is 16.7. The molecular formula is C40H67N5O24. The molecule has 0 spiro atoms. The molecule has 4 aliphatic heterocycles. The molecule has 0 saturated carbocycles. The number of rotatable bonds is 27. The first-order chi connectivity index (χ1) is 32.7. The number of carbonyl (C=O) groups excluding carboxylic acids is 6. The number of ether oxygens (including phenoxy) is 6. The van der Waals surface area contributed by atoms with Gasteiger partial charge in [0.2, 0.25) is 17.7 Å². The van der Waals surface area contributed by atoms with Crippen molar-refractivity contribution in [1.82, 2.24) is 25.9 Å². The summed E-state index contributed by atoms with van der Waals surface area (Å²) in [6.07, 6.45) is -22.4. The minimum atomic E-state index is -1.82. The molecule has 0 aromatic carbocycles. The first kappa shape index (κ1) is 57.9. The van der Waals surface area contributed by atoms with Gasteiger partial charge in [-0.25, -0.2) is 4.79 Å². The Bertz CT molecular complexity index is 1650. The SMILES string of the molecule is C[C@@H]1O[C@@H](OCCNC(=O)CN(CC(=O)NCCCCCC(=O)ON2C(=O)CCC2=O)CC(=O)NC(CCO[C@H]2O[C@H](CO)[C@@H](O)[C@H](O)[C@@H]2O)CO[C@H]2O[C@H](CO)[C@@H](O)[C@H](O)C2O)[C@@H](O)[C@H](O)[C@@H]1O. The van der Waals surface area contributed by atoms with E-state index in [-0.39, 0.29) is 52.0 Å². The van der Waals surface area contributed by atoms with Gasteiger partial charge in [0.25, 0.3) is 11.8 Å². The third-order valence-electron chi connectivity index (χ3n) is 11.5. The van der Waals surface area contributed by atoms with Gasteiger partial charge in [0.1, 0.15) is 67.1 Å². The lowest BCUT2D eigenvalue weighted by atomic mass is 9.99. The van der Waals surface area contributed by atoms with Gasteiger partial charge in [-0.15, -0.1) is 5.06 Å². The second kappa shape index (κ2) is 28.4. The summed E-state index contributed by atoms with van der Waals surface area (Å²) in [4.78, 5) is 81.4. The Kier molecular flexibility index (Phi) is 23.8. The van der Waals surface area contributed by atoms with Crippen LogP contribution in [0.15, 0.2) is 0 Å². The monoisotopic (exact) mass is 1000 g/mol. The highest BCUT2D eigenvalue weighted by molar-refractivity contribution is 6.01. The van der Waals surface area contributed by atoms with E-state index in [1.807, 2.05) is 0 Å². The predicted octanol–water partition coefficient (Wildman–Crippen LogP) is -8.96. The van der Waals surface area contributed by atoms with Crippen molar-refractivity contribution in [3.05, 3.63) is 0 Å². The highest BCUT2D eigenvalue weighted by Gasteiger charge is 2.46. The van der Waals surface area contributed by atoms with Crippen LogP contribution in [-0.2, 0) is 62.0 Å². The van der Waals surface area contributed by atoms with Crippen LogP contribution in [0.5, 0.6) is 0 Å². The van der Waals surface area contributed by atoms with Gasteiger partial charge >= 0.3 is 5.97 Å².